The first-order valence-corrected chi connectivity index (χ1v) is 10.5. The molecule has 1 saturated heterocycles. The molecule has 1 aliphatic rings. The molecule has 5 N–H and O–H groups in total. The van der Waals surface area contributed by atoms with Crippen LogP contribution in [0.25, 0.3) is 11.2 Å². The molecule has 0 radical (unpaired) electrons. The molecule has 1 amide bonds. The van der Waals surface area contributed by atoms with Crippen LogP contribution in [0.2, 0.25) is 0 Å². The first-order valence-electron chi connectivity index (χ1n) is 10.5. The topological polar surface area (TPSA) is 141 Å². The van der Waals surface area contributed by atoms with Crippen molar-refractivity contribution in [2.75, 3.05) is 29.5 Å². The van der Waals surface area contributed by atoms with E-state index in [0.717, 1.165) is 5.69 Å². The summed E-state index contributed by atoms with van der Waals surface area (Å²) >= 11 is 0. The first kappa shape index (κ1) is 22.8. The average molecular weight is 466 g/mol. The summed E-state index contributed by atoms with van der Waals surface area (Å²) in [4.78, 5) is 25.1. The van der Waals surface area contributed by atoms with E-state index in [-0.39, 0.29) is 48.3 Å². The molecule has 178 valence electrons. The molecule has 14 heteroatoms. The Morgan fingerprint density at radius 1 is 1.36 bits per heavy atom. The van der Waals surface area contributed by atoms with Gasteiger partial charge in [-0.25, -0.2) is 9.67 Å². The molecule has 0 aromatic carbocycles. The zero-order chi connectivity index (χ0) is 23.8. The van der Waals surface area contributed by atoms with Crippen molar-refractivity contribution in [3.05, 3.63) is 18.1 Å². The van der Waals surface area contributed by atoms with Gasteiger partial charge in [-0.15, -0.1) is 0 Å². The quantitative estimate of drug-likeness (QED) is 0.429. The highest BCUT2D eigenvalue weighted by Gasteiger charge is 2.46. The Balaban J connectivity index is 1.56. The van der Waals surface area contributed by atoms with Crippen LogP contribution in [-0.4, -0.2) is 60.5 Å². The molecule has 2 unspecified atom stereocenters. The number of nitrogens with one attached hydrogen (secondary N) is 3. The Kier molecular flexibility index (Phi) is 6.10. The fourth-order valence-electron chi connectivity index (χ4n) is 3.95. The molecule has 0 bridgehead atoms. The number of carbonyl (C=O) groups excluding carboxylic acids is 1. The van der Waals surface area contributed by atoms with Crippen LogP contribution in [0.5, 0.6) is 0 Å². The number of nitrogens with zero attached hydrogens (tertiary/aromatic N) is 6. The van der Waals surface area contributed by atoms with Crippen LogP contribution in [-0.2, 0) is 17.9 Å². The summed E-state index contributed by atoms with van der Waals surface area (Å²) in [7, 11) is 0. The number of halogens is 3. The highest BCUT2D eigenvalue weighted by atomic mass is 19.4. The third-order valence-electron chi connectivity index (χ3n) is 5.49. The maximum Gasteiger partial charge on any atom is 0.394 e. The zero-order valence-corrected chi connectivity index (χ0v) is 18.1. The fraction of sp³-hybridized carbons (Fsp3) is 0.526. The summed E-state index contributed by atoms with van der Waals surface area (Å²) in [6.07, 6.45) is -2.73. The molecule has 0 saturated carbocycles. The average Bonchev–Trinajstić information content (AvgIpc) is 3.30. The number of hydrogen-bond donors (Lipinski definition) is 4. The van der Waals surface area contributed by atoms with Gasteiger partial charge in [0.2, 0.25) is 11.9 Å². The number of imidazole rings is 1. The van der Waals surface area contributed by atoms with Crippen LogP contribution >= 0.6 is 0 Å². The SMILES string of the molecule is CCn1nc(C)cc1NC(=O)Cn1cnc2c(NC3CCNCC3C(F)(F)F)nc(N)nc21. The second-order valence-electron chi connectivity index (χ2n) is 7.90. The van der Waals surface area contributed by atoms with E-state index >= 15 is 0 Å². The Morgan fingerprint density at radius 2 is 2.15 bits per heavy atom. The van der Waals surface area contributed by atoms with Crippen molar-refractivity contribution in [1.82, 2.24) is 34.6 Å². The number of anilines is 3. The Labute approximate surface area is 187 Å². The minimum absolute atomic E-state index is 0.109. The molecular weight excluding hydrogens is 441 g/mol. The van der Waals surface area contributed by atoms with Crippen molar-refractivity contribution in [2.24, 2.45) is 5.92 Å². The van der Waals surface area contributed by atoms with Crippen molar-refractivity contribution < 1.29 is 18.0 Å². The lowest BCUT2D eigenvalue weighted by atomic mass is 9.92. The number of fused-ring (bicyclic) bond motifs is 1. The van der Waals surface area contributed by atoms with Crippen molar-refractivity contribution >= 4 is 34.7 Å². The molecule has 11 nitrogen and oxygen atoms in total. The monoisotopic (exact) mass is 466 g/mol. The predicted octanol–water partition coefficient (Wildman–Crippen LogP) is 1.52. The van der Waals surface area contributed by atoms with Gasteiger partial charge in [-0.1, -0.05) is 0 Å². The second-order valence-corrected chi connectivity index (χ2v) is 7.90. The molecular formula is C19H25F3N10O. The number of aryl methyl sites for hydroxylation is 2. The smallest absolute Gasteiger partial charge is 0.368 e. The number of alkyl halides is 3. The van der Waals surface area contributed by atoms with Crippen molar-refractivity contribution in [1.29, 1.82) is 0 Å². The molecule has 0 aliphatic carbocycles. The highest BCUT2D eigenvalue weighted by Crippen LogP contribution is 2.33. The number of hydrogen-bond acceptors (Lipinski definition) is 8. The molecule has 4 heterocycles. The molecule has 1 fully saturated rings. The molecule has 1 aliphatic heterocycles. The highest BCUT2D eigenvalue weighted by molar-refractivity contribution is 5.91. The van der Waals surface area contributed by atoms with E-state index in [2.05, 4.69) is 36.0 Å². The van der Waals surface area contributed by atoms with E-state index in [1.54, 1.807) is 10.7 Å². The van der Waals surface area contributed by atoms with Gasteiger partial charge in [0.1, 0.15) is 12.4 Å². The molecule has 4 rings (SSSR count). The minimum atomic E-state index is -4.37. The third kappa shape index (κ3) is 4.84. The van der Waals surface area contributed by atoms with E-state index in [1.807, 2.05) is 13.8 Å². The van der Waals surface area contributed by atoms with E-state index in [1.165, 1.54) is 10.9 Å². The van der Waals surface area contributed by atoms with Crippen LogP contribution in [0, 0.1) is 12.8 Å². The van der Waals surface area contributed by atoms with Crippen molar-refractivity contribution in [3.8, 4) is 0 Å². The Bertz CT molecular complexity index is 1150. The van der Waals surface area contributed by atoms with Gasteiger partial charge in [0, 0.05) is 25.2 Å². The molecule has 3 aromatic heterocycles. The maximum atomic E-state index is 13.5. The summed E-state index contributed by atoms with van der Waals surface area (Å²) in [5.41, 5.74) is 7.08. The van der Waals surface area contributed by atoms with Gasteiger partial charge in [-0.3, -0.25) is 4.79 Å². The maximum absolute atomic E-state index is 13.5. The summed E-state index contributed by atoms with van der Waals surface area (Å²) in [5, 5.41) is 12.7. The van der Waals surface area contributed by atoms with Gasteiger partial charge in [-0.05, 0) is 26.8 Å². The van der Waals surface area contributed by atoms with Crippen LogP contribution in [0.1, 0.15) is 19.0 Å². The van der Waals surface area contributed by atoms with E-state index < -0.39 is 18.1 Å². The van der Waals surface area contributed by atoms with Crippen LogP contribution in [0.15, 0.2) is 12.4 Å². The first-order chi connectivity index (χ1) is 15.7. The molecule has 33 heavy (non-hydrogen) atoms. The third-order valence-corrected chi connectivity index (χ3v) is 5.49. The number of carbonyl (C=O) groups is 1. The molecule has 0 spiro atoms. The Morgan fingerprint density at radius 3 is 2.88 bits per heavy atom. The van der Waals surface area contributed by atoms with Crippen molar-refractivity contribution in [2.45, 2.75) is 45.6 Å². The van der Waals surface area contributed by atoms with Gasteiger partial charge < -0.3 is 26.3 Å². The molecule has 3 aromatic rings. The largest absolute Gasteiger partial charge is 0.394 e. The van der Waals surface area contributed by atoms with E-state index in [0.29, 0.717) is 18.9 Å². The zero-order valence-electron chi connectivity index (χ0n) is 18.1. The normalized spacial score (nSPS) is 19.1. The van der Waals surface area contributed by atoms with Crippen molar-refractivity contribution in [3.63, 3.8) is 0 Å². The minimum Gasteiger partial charge on any atom is -0.368 e. The number of nitrogen functional groups attached to an aromatic ring is 1. The summed E-state index contributed by atoms with van der Waals surface area (Å²) < 4.78 is 43.5. The van der Waals surface area contributed by atoms with Gasteiger partial charge in [0.05, 0.1) is 17.9 Å². The van der Waals surface area contributed by atoms with Crippen LogP contribution in [0.3, 0.4) is 0 Å². The van der Waals surface area contributed by atoms with Gasteiger partial charge in [-0.2, -0.15) is 28.2 Å². The predicted molar refractivity (Wildman–Crippen MR) is 115 cm³/mol. The lowest BCUT2D eigenvalue weighted by Gasteiger charge is -2.34. The standard InChI is InChI=1S/C19H25F3N10O/c1-3-32-13(6-10(2)30-32)27-14(33)8-31-9-25-15-16(28-18(23)29-17(15)31)26-12-4-5-24-7-11(12)19(20,21)22/h6,9,11-12,24H,3-5,7-8H2,1-2H3,(H,27,33)(H3,23,26,28,29). The summed E-state index contributed by atoms with van der Waals surface area (Å²) in [6, 6.07) is 0.862. The lowest BCUT2D eigenvalue weighted by Crippen LogP contribution is -2.50. The number of piperidine rings is 1. The number of aromatic nitrogens is 6. The van der Waals surface area contributed by atoms with Gasteiger partial charge >= 0.3 is 6.18 Å². The summed E-state index contributed by atoms with van der Waals surface area (Å²) in [6.45, 7) is 4.45. The van der Waals surface area contributed by atoms with E-state index in [9.17, 15) is 18.0 Å². The second kappa shape index (κ2) is 8.84. The van der Waals surface area contributed by atoms with Gasteiger partial charge in [0.15, 0.2) is 17.0 Å². The fourth-order valence-corrected chi connectivity index (χ4v) is 3.95. The van der Waals surface area contributed by atoms with Crippen LogP contribution < -0.4 is 21.7 Å². The summed E-state index contributed by atoms with van der Waals surface area (Å²) in [5.74, 6) is -1.39. The molecule has 2 atom stereocenters. The number of rotatable bonds is 6. The van der Waals surface area contributed by atoms with Gasteiger partial charge in [0.25, 0.3) is 0 Å². The van der Waals surface area contributed by atoms with E-state index in [4.69, 9.17) is 5.73 Å². The number of amides is 1. The lowest BCUT2D eigenvalue weighted by molar-refractivity contribution is -0.180. The van der Waals surface area contributed by atoms with Crippen LogP contribution in [0.4, 0.5) is 30.8 Å². The number of nitrogens with two attached hydrogens (primary N) is 1. The Hall–Kier alpha value is -3.42.